The zero-order valence-electron chi connectivity index (χ0n) is 25.4. The zero-order valence-corrected chi connectivity index (χ0v) is 25.4. The minimum atomic E-state index is -0.982. The molecule has 0 unspecified atom stereocenters. The molecule has 3 aromatic rings. The van der Waals surface area contributed by atoms with E-state index in [1.54, 1.807) is 36.4 Å². The second kappa shape index (κ2) is 17.1. The summed E-state index contributed by atoms with van der Waals surface area (Å²) < 4.78 is 61.6. The van der Waals surface area contributed by atoms with Gasteiger partial charge in [0.2, 0.25) is 5.82 Å². The predicted octanol–water partition coefficient (Wildman–Crippen LogP) is 10.1. The van der Waals surface area contributed by atoms with Crippen LogP contribution in [-0.2, 0) is 9.47 Å². The molecule has 0 radical (unpaired) electrons. The van der Waals surface area contributed by atoms with Crippen molar-refractivity contribution in [3.05, 3.63) is 77.6 Å². The van der Waals surface area contributed by atoms with Crippen molar-refractivity contribution in [3.63, 3.8) is 0 Å². The van der Waals surface area contributed by atoms with E-state index in [2.05, 4.69) is 25.7 Å². The highest BCUT2D eigenvalue weighted by atomic mass is 19.2. The van der Waals surface area contributed by atoms with E-state index in [-0.39, 0.29) is 23.5 Å². The van der Waals surface area contributed by atoms with E-state index in [1.165, 1.54) is 37.5 Å². The summed E-state index contributed by atoms with van der Waals surface area (Å²) >= 11 is 0. The van der Waals surface area contributed by atoms with Crippen molar-refractivity contribution in [2.24, 2.45) is 5.92 Å². The van der Waals surface area contributed by atoms with Crippen molar-refractivity contribution in [2.75, 3.05) is 19.8 Å². The summed E-state index contributed by atoms with van der Waals surface area (Å²) in [6.07, 6.45) is 10.6. The molecule has 6 heteroatoms. The first-order valence-electron chi connectivity index (χ1n) is 15.8. The van der Waals surface area contributed by atoms with Crippen molar-refractivity contribution in [3.8, 4) is 39.8 Å². The lowest BCUT2D eigenvalue weighted by Crippen LogP contribution is -2.31. The van der Waals surface area contributed by atoms with Gasteiger partial charge in [-0.1, -0.05) is 101 Å². The summed E-state index contributed by atoms with van der Waals surface area (Å²) in [6, 6.07) is 14.8. The molecule has 0 N–H and O–H groups in total. The molecule has 1 aliphatic rings. The number of hydrogen-bond donors (Lipinski definition) is 0. The predicted molar refractivity (Wildman–Crippen MR) is 166 cm³/mol. The second-order valence-corrected chi connectivity index (χ2v) is 11.2. The molecule has 4 rings (SSSR count). The third-order valence-corrected chi connectivity index (χ3v) is 7.72. The van der Waals surface area contributed by atoms with Crippen molar-refractivity contribution < 1.29 is 27.4 Å². The first kappa shape index (κ1) is 32.6. The molecule has 0 saturated carbocycles. The molecule has 1 heterocycles. The minimum absolute atomic E-state index is 0.0692. The van der Waals surface area contributed by atoms with Crippen molar-refractivity contribution >= 4 is 0 Å². The summed E-state index contributed by atoms with van der Waals surface area (Å²) in [6.45, 7) is 5.66. The molecule has 3 aromatic carbocycles. The van der Waals surface area contributed by atoms with Gasteiger partial charge in [-0.15, -0.1) is 0 Å². The van der Waals surface area contributed by atoms with Crippen LogP contribution in [0.1, 0.15) is 83.6 Å². The van der Waals surface area contributed by atoms with Crippen LogP contribution in [0.2, 0.25) is 0 Å². The molecule has 0 aromatic heterocycles. The number of hydrogen-bond acceptors (Lipinski definition) is 3. The third kappa shape index (κ3) is 9.61. The maximum atomic E-state index is 14.9. The van der Waals surface area contributed by atoms with E-state index in [9.17, 15) is 13.2 Å². The number of halogens is 3. The van der Waals surface area contributed by atoms with Crippen LogP contribution in [0.25, 0.3) is 22.3 Å². The Morgan fingerprint density at radius 3 is 2.09 bits per heavy atom. The largest absolute Gasteiger partial charge is 0.490 e. The highest BCUT2D eigenvalue weighted by Gasteiger charge is 2.20. The molecule has 0 aliphatic carbocycles. The Balaban J connectivity index is 1.33. The first-order chi connectivity index (χ1) is 21.0. The number of unbranched alkanes of at least 4 members (excludes halogenated alkanes) is 7. The monoisotopic (exact) mass is 592 g/mol. The van der Waals surface area contributed by atoms with Crippen LogP contribution >= 0.6 is 0 Å². The van der Waals surface area contributed by atoms with Gasteiger partial charge in [-0.25, -0.2) is 8.78 Å². The van der Waals surface area contributed by atoms with Gasteiger partial charge in [-0.2, -0.15) is 4.39 Å². The van der Waals surface area contributed by atoms with Crippen LogP contribution in [0.5, 0.6) is 5.75 Å². The van der Waals surface area contributed by atoms with E-state index >= 15 is 0 Å². The van der Waals surface area contributed by atoms with Crippen molar-refractivity contribution in [1.82, 2.24) is 0 Å². The quantitative estimate of drug-likeness (QED) is 0.138. The second-order valence-electron chi connectivity index (χ2n) is 11.2. The molecule has 1 fully saturated rings. The van der Waals surface area contributed by atoms with Gasteiger partial charge in [-0.05, 0) is 60.2 Å². The average Bonchev–Trinajstić information content (AvgIpc) is 3.03. The number of ether oxygens (including phenoxy) is 3. The third-order valence-electron chi connectivity index (χ3n) is 7.72. The Labute approximate surface area is 254 Å². The Bertz CT molecular complexity index is 1350. The van der Waals surface area contributed by atoms with Gasteiger partial charge < -0.3 is 14.2 Å². The molecule has 0 spiro atoms. The molecule has 1 aliphatic heterocycles. The fourth-order valence-electron chi connectivity index (χ4n) is 5.10. The Kier molecular flexibility index (Phi) is 13.0. The summed E-state index contributed by atoms with van der Waals surface area (Å²) in [4.78, 5) is 0. The van der Waals surface area contributed by atoms with E-state index in [4.69, 9.17) is 14.2 Å². The highest BCUT2D eigenvalue weighted by Crippen LogP contribution is 2.32. The average molecular weight is 593 g/mol. The normalized spacial score (nSPS) is 16.5. The summed E-state index contributed by atoms with van der Waals surface area (Å²) in [5.41, 5.74) is 2.40. The molecular formula is C37H43F3O3. The molecule has 0 atom stereocenters. The van der Waals surface area contributed by atoms with Gasteiger partial charge in [0.05, 0.1) is 31.3 Å². The maximum Gasteiger partial charge on any atom is 0.201 e. The lowest BCUT2D eigenvalue weighted by Gasteiger charge is -2.26. The van der Waals surface area contributed by atoms with E-state index < -0.39 is 17.5 Å². The molecule has 230 valence electrons. The van der Waals surface area contributed by atoms with Gasteiger partial charge in [0.1, 0.15) is 5.82 Å². The first-order valence-corrected chi connectivity index (χ1v) is 15.8. The SMILES string of the molecule is CCCCCCCCOc1ccc(-c2ccc(-c3ccc(C#CC4COC(CCCCC)OC4)c(F)c3)cc2)c(F)c1F. The van der Waals surface area contributed by atoms with Crippen molar-refractivity contribution in [2.45, 2.75) is 84.3 Å². The molecule has 43 heavy (non-hydrogen) atoms. The van der Waals surface area contributed by atoms with Crippen LogP contribution < -0.4 is 4.74 Å². The highest BCUT2D eigenvalue weighted by molar-refractivity contribution is 5.71. The summed E-state index contributed by atoms with van der Waals surface area (Å²) in [5, 5.41) is 0. The van der Waals surface area contributed by atoms with E-state index in [0.29, 0.717) is 36.5 Å². The van der Waals surface area contributed by atoms with Gasteiger partial charge in [0.25, 0.3) is 0 Å². The van der Waals surface area contributed by atoms with Crippen LogP contribution in [-0.4, -0.2) is 26.1 Å². The fourth-order valence-corrected chi connectivity index (χ4v) is 5.10. The topological polar surface area (TPSA) is 27.7 Å². The van der Waals surface area contributed by atoms with Crippen LogP contribution in [0.4, 0.5) is 13.2 Å². The smallest absolute Gasteiger partial charge is 0.201 e. The Morgan fingerprint density at radius 1 is 0.721 bits per heavy atom. The molecule has 1 saturated heterocycles. The lowest BCUT2D eigenvalue weighted by molar-refractivity contribution is -0.194. The molecule has 0 bridgehead atoms. The maximum absolute atomic E-state index is 14.9. The van der Waals surface area contributed by atoms with Crippen LogP contribution in [0.15, 0.2) is 54.6 Å². The molecular weight excluding hydrogens is 549 g/mol. The van der Waals surface area contributed by atoms with E-state index in [1.807, 2.05) is 0 Å². The Hall–Kier alpha value is -3.27. The van der Waals surface area contributed by atoms with Crippen LogP contribution in [0.3, 0.4) is 0 Å². The van der Waals surface area contributed by atoms with E-state index in [0.717, 1.165) is 50.5 Å². The standard InChI is InChI=1S/C37H43F3O3/c1-3-5-7-8-9-11-23-41-34-22-21-32(36(39)37(34)40)29-17-15-28(16-18-29)31-20-19-30(33(38)24-31)14-13-27-25-42-35(43-26-27)12-10-6-4-2/h15-22,24,27,35H,3-12,23,25-26H2,1-2H3. The summed E-state index contributed by atoms with van der Waals surface area (Å²) in [5.74, 6) is 3.49. The zero-order chi connectivity index (χ0) is 30.4. The van der Waals surface area contributed by atoms with Crippen LogP contribution in [0, 0.1) is 35.2 Å². The summed E-state index contributed by atoms with van der Waals surface area (Å²) in [7, 11) is 0. The number of rotatable bonds is 14. The molecule has 3 nitrogen and oxygen atoms in total. The molecule has 0 amide bonds. The Morgan fingerprint density at radius 2 is 1.37 bits per heavy atom. The fraction of sp³-hybridized carbons (Fsp3) is 0.459. The number of benzene rings is 3. The van der Waals surface area contributed by atoms with Gasteiger partial charge in [-0.3, -0.25) is 0 Å². The minimum Gasteiger partial charge on any atom is -0.490 e. The van der Waals surface area contributed by atoms with Gasteiger partial charge in [0.15, 0.2) is 17.9 Å². The van der Waals surface area contributed by atoms with Gasteiger partial charge >= 0.3 is 0 Å². The van der Waals surface area contributed by atoms with Crippen molar-refractivity contribution in [1.29, 1.82) is 0 Å². The lowest BCUT2D eigenvalue weighted by atomic mass is 9.99. The van der Waals surface area contributed by atoms with Gasteiger partial charge in [0, 0.05) is 5.56 Å².